The van der Waals surface area contributed by atoms with E-state index in [-0.39, 0.29) is 33.5 Å². The molecule has 3 aromatic rings. The van der Waals surface area contributed by atoms with Crippen molar-refractivity contribution in [3.8, 4) is 0 Å². The molecule has 1 aromatic carbocycles. The predicted molar refractivity (Wildman–Crippen MR) is 105 cm³/mol. The summed E-state index contributed by atoms with van der Waals surface area (Å²) in [6, 6.07) is 7.70. The van der Waals surface area contributed by atoms with Crippen LogP contribution in [0.3, 0.4) is 0 Å². The fourth-order valence-corrected chi connectivity index (χ4v) is 4.55. The van der Waals surface area contributed by atoms with Gasteiger partial charge < -0.3 is 16.2 Å². The minimum absolute atomic E-state index is 0.0967. The molecule has 2 heterocycles. The molecule has 0 bridgehead atoms. The number of aromatic nitrogens is 3. The summed E-state index contributed by atoms with van der Waals surface area (Å²) in [6.07, 6.45) is 0.692. The average Bonchev–Trinajstić information content (AvgIpc) is 3.02. The summed E-state index contributed by atoms with van der Waals surface area (Å²) >= 11 is 1.17. The molecule has 0 aliphatic carbocycles. The van der Waals surface area contributed by atoms with Gasteiger partial charge in [-0.2, -0.15) is 9.97 Å². The van der Waals surface area contributed by atoms with Crippen molar-refractivity contribution in [2.24, 2.45) is 5.92 Å². The van der Waals surface area contributed by atoms with Gasteiger partial charge in [0.05, 0.1) is 17.5 Å². The topological polar surface area (TPSA) is 131 Å². The number of nitrogens with zero attached hydrogens (tertiary/aromatic N) is 3. The third-order valence-electron chi connectivity index (χ3n) is 3.86. The molecule has 0 unspecified atom stereocenters. The van der Waals surface area contributed by atoms with Crippen LogP contribution in [0.5, 0.6) is 0 Å². The smallest absolute Gasteiger partial charge is 0.256 e. The number of anilines is 2. The highest BCUT2D eigenvalue weighted by Crippen LogP contribution is 2.31. The second-order valence-electron chi connectivity index (χ2n) is 6.53. The highest BCUT2D eigenvalue weighted by atomic mass is 32.2. The number of hydrogen-bond donors (Lipinski definition) is 3. The van der Waals surface area contributed by atoms with Crippen molar-refractivity contribution in [2.45, 2.75) is 36.4 Å². The molecule has 0 aliphatic heterocycles. The maximum atomic E-state index is 12.9. The normalized spacial score (nSPS) is 13.2. The molecule has 10 heteroatoms. The van der Waals surface area contributed by atoms with E-state index in [9.17, 15) is 13.5 Å². The van der Waals surface area contributed by atoms with Crippen LogP contribution >= 0.6 is 11.3 Å². The van der Waals surface area contributed by atoms with Gasteiger partial charge in [-0.1, -0.05) is 43.4 Å². The number of fused-ring (bicyclic) bond motifs is 1. The zero-order chi connectivity index (χ0) is 19.6. The fraction of sp³-hybridized carbons (Fsp3) is 0.353. The molecule has 0 radical (unpaired) electrons. The van der Waals surface area contributed by atoms with Gasteiger partial charge in [0.25, 0.3) is 5.16 Å². The third-order valence-corrected chi connectivity index (χ3v) is 6.30. The molecule has 0 amide bonds. The predicted octanol–water partition coefficient (Wildman–Crippen LogP) is 2.32. The van der Waals surface area contributed by atoms with Crippen LogP contribution in [0.1, 0.15) is 20.3 Å². The largest absolute Gasteiger partial charge is 0.394 e. The summed E-state index contributed by atoms with van der Waals surface area (Å²) in [4.78, 5) is 12.6. The van der Waals surface area contributed by atoms with E-state index in [1.807, 2.05) is 13.8 Å². The molecule has 4 N–H and O–H groups in total. The summed E-state index contributed by atoms with van der Waals surface area (Å²) in [6.45, 7) is 3.96. The van der Waals surface area contributed by atoms with E-state index >= 15 is 0 Å². The molecular formula is C17H21N5O3S2. The first-order valence-electron chi connectivity index (χ1n) is 8.43. The average molecular weight is 408 g/mol. The summed E-state index contributed by atoms with van der Waals surface area (Å²) in [5, 5.41) is 12.7. The van der Waals surface area contributed by atoms with Crippen LogP contribution in [-0.2, 0) is 9.84 Å². The molecule has 1 atom stereocenters. The molecule has 8 nitrogen and oxygen atoms in total. The van der Waals surface area contributed by atoms with Crippen molar-refractivity contribution < 1.29 is 13.5 Å². The van der Waals surface area contributed by atoms with Crippen molar-refractivity contribution in [2.75, 3.05) is 17.7 Å². The van der Waals surface area contributed by atoms with E-state index in [1.165, 1.54) is 23.5 Å². The molecule has 2 aromatic heterocycles. The van der Waals surface area contributed by atoms with Gasteiger partial charge in [0, 0.05) is 0 Å². The van der Waals surface area contributed by atoms with Crippen LogP contribution in [0.4, 0.5) is 10.9 Å². The summed E-state index contributed by atoms with van der Waals surface area (Å²) < 4.78 is 26.4. The van der Waals surface area contributed by atoms with Gasteiger partial charge in [0.1, 0.15) is 4.70 Å². The molecule has 27 heavy (non-hydrogen) atoms. The van der Waals surface area contributed by atoms with E-state index in [0.29, 0.717) is 22.9 Å². The second-order valence-corrected chi connectivity index (χ2v) is 9.40. The standard InChI is InChI=1S/C17H21N5O3S2/c1-10(2)8-11(9-23)19-14-13-15(20-16(18)26-13)22-17(21-14)27(24,25)12-6-4-3-5-7-12/h3-7,10-11,23H,8-9H2,1-2H3,(H3,18,19,20,21,22)/t11-/m1/s1. The van der Waals surface area contributed by atoms with Crippen LogP contribution in [-0.4, -0.2) is 41.1 Å². The minimum atomic E-state index is -3.91. The lowest BCUT2D eigenvalue weighted by Crippen LogP contribution is -2.26. The zero-order valence-corrected chi connectivity index (χ0v) is 16.6. The van der Waals surface area contributed by atoms with Crippen LogP contribution < -0.4 is 11.1 Å². The van der Waals surface area contributed by atoms with Crippen LogP contribution in [0.15, 0.2) is 40.4 Å². The second kappa shape index (κ2) is 7.75. The Morgan fingerprint density at radius 3 is 2.52 bits per heavy atom. The number of nitrogens with one attached hydrogen (secondary N) is 1. The number of nitrogens with two attached hydrogens (primary N) is 1. The Balaban J connectivity index is 2.11. The van der Waals surface area contributed by atoms with E-state index < -0.39 is 9.84 Å². The van der Waals surface area contributed by atoms with Crippen molar-refractivity contribution in [3.63, 3.8) is 0 Å². The summed E-state index contributed by atoms with van der Waals surface area (Å²) in [7, 11) is -3.91. The number of benzene rings is 1. The van der Waals surface area contributed by atoms with Crippen molar-refractivity contribution in [3.05, 3.63) is 30.3 Å². The summed E-state index contributed by atoms with van der Waals surface area (Å²) in [5.74, 6) is 0.648. The molecule has 0 saturated heterocycles. The summed E-state index contributed by atoms with van der Waals surface area (Å²) in [5.41, 5.74) is 6.00. The Morgan fingerprint density at radius 2 is 1.89 bits per heavy atom. The van der Waals surface area contributed by atoms with E-state index in [1.54, 1.807) is 18.2 Å². The number of thiazole rings is 1. The van der Waals surface area contributed by atoms with Gasteiger partial charge in [0.15, 0.2) is 16.6 Å². The highest BCUT2D eigenvalue weighted by molar-refractivity contribution is 7.91. The molecule has 144 valence electrons. The number of hydrogen-bond acceptors (Lipinski definition) is 9. The maximum Gasteiger partial charge on any atom is 0.256 e. The van der Waals surface area contributed by atoms with E-state index in [2.05, 4.69) is 20.3 Å². The fourth-order valence-electron chi connectivity index (χ4n) is 2.68. The van der Waals surface area contributed by atoms with Gasteiger partial charge in [-0.05, 0) is 24.5 Å². The first-order valence-corrected chi connectivity index (χ1v) is 10.7. The number of nitrogen functional groups attached to an aromatic ring is 1. The first kappa shape index (κ1) is 19.5. The Labute approximate surface area is 161 Å². The number of aliphatic hydroxyl groups is 1. The number of sulfone groups is 1. The molecule has 3 rings (SSSR count). The van der Waals surface area contributed by atoms with Crippen molar-refractivity contribution in [1.82, 2.24) is 15.0 Å². The lowest BCUT2D eigenvalue weighted by atomic mass is 10.0. The SMILES string of the molecule is CC(C)C[C@H](CO)Nc1nc(S(=O)(=O)c2ccccc2)nc2nc(N)sc12. The zero-order valence-electron chi connectivity index (χ0n) is 15.0. The molecule has 0 aliphatic rings. The number of rotatable bonds is 7. The molecular weight excluding hydrogens is 386 g/mol. The highest BCUT2D eigenvalue weighted by Gasteiger charge is 2.25. The van der Waals surface area contributed by atoms with E-state index in [4.69, 9.17) is 5.73 Å². The van der Waals surface area contributed by atoms with Gasteiger partial charge in [-0.3, -0.25) is 0 Å². The quantitative estimate of drug-likeness (QED) is 0.509. The Hall–Kier alpha value is -2.30. The molecule has 0 saturated carbocycles. The first-order chi connectivity index (χ1) is 12.8. The Kier molecular flexibility index (Phi) is 5.59. The van der Waals surface area contributed by atoms with Gasteiger partial charge in [-0.15, -0.1) is 0 Å². The van der Waals surface area contributed by atoms with Crippen molar-refractivity contribution in [1.29, 1.82) is 0 Å². The third kappa shape index (κ3) is 4.18. The maximum absolute atomic E-state index is 12.9. The minimum Gasteiger partial charge on any atom is -0.394 e. The van der Waals surface area contributed by atoms with Crippen LogP contribution in [0.25, 0.3) is 10.3 Å². The Morgan fingerprint density at radius 1 is 1.19 bits per heavy atom. The van der Waals surface area contributed by atoms with Crippen LogP contribution in [0.2, 0.25) is 0 Å². The van der Waals surface area contributed by atoms with Gasteiger partial charge in [-0.25, -0.2) is 13.4 Å². The van der Waals surface area contributed by atoms with Crippen LogP contribution in [0, 0.1) is 5.92 Å². The lowest BCUT2D eigenvalue weighted by molar-refractivity contribution is 0.259. The van der Waals surface area contributed by atoms with Crippen molar-refractivity contribution >= 4 is 42.5 Å². The molecule has 0 spiro atoms. The Bertz CT molecular complexity index is 1040. The number of aliphatic hydroxyl groups excluding tert-OH is 1. The molecule has 0 fully saturated rings. The van der Waals surface area contributed by atoms with E-state index in [0.717, 1.165) is 0 Å². The monoisotopic (exact) mass is 407 g/mol. The lowest BCUT2D eigenvalue weighted by Gasteiger charge is -2.19. The van der Waals surface area contributed by atoms with Gasteiger partial charge >= 0.3 is 0 Å². The van der Waals surface area contributed by atoms with Gasteiger partial charge in [0.2, 0.25) is 9.84 Å².